The minimum atomic E-state index is -0.349. The second-order valence-corrected chi connectivity index (χ2v) is 4.87. The van der Waals surface area contributed by atoms with Gasteiger partial charge in [0.2, 0.25) is 0 Å². The van der Waals surface area contributed by atoms with Crippen molar-refractivity contribution in [2.24, 2.45) is 0 Å². The molecule has 0 heterocycles. The highest BCUT2D eigenvalue weighted by Crippen LogP contribution is 2.19. The number of ether oxygens (including phenoxy) is 1. The van der Waals surface area contributed by atoms with E-state index in [0.717, 1.165) is 5.56 Å². The number of carbonyl (C=O) groups excluding carboxylic acids is 1. The molecule has 1 aliphatic rings. The molecule has 0 bridgehead atoms. The molecule has 1 aliphatic carbocycles. The third kappa shape index (κ3) is 5.27. The van der Waals surface area contributed by atoms with Gasteiger partial charge in [-0.3, -0.25) is 0 Å². The molecule has 21 heavy (non-hydrogen) atoms. The fraction of sp³-hybridized carbons (Fsp3) is 0.211. The average Bonchev–Trinajstić information content (AvgIpc) is 3.40. The van der Waals surface area contributed by atoms with Gasteiger partial charge in [0.05, 0.1) is 7.11 Å². The van der Waals surface area contributed by atoms with Crippen LogP contribution >= 0.6 is 0 Å². The lowest BCUT2D eigenvalue weighted by Crippen LogP contribution is -1.92. The Bertz CT molecular complexity index is 643. The van der Waals surface area contributed by atoms with Gasteiger partial charge in [-0.1, -0.05) is 80.0 Å². The third-order valence-corrected chi connectivity index (χ3v) is 3.00. The molecule has 2 nitrogen and oxygen atoms in total. The summed E-state index contributed by atoms with van der Waals surface area (Å²) in [5, 5.41) is 2.40. The molecule has 0 atom stereocenters. The number of hydrogen-bond acceptors (Lipinski definition) is 2. The van der Waals surface area contributed by atoms with Crippen LogP contribution in [-0.4, -0.2) is 13.1 Å². The molecule has 0 N–H and O–H groups in total. The topological polar surface area (TPSA) is 26.3 Å². The number of carbonyl (C=O) groups is 1. The summed E-state index contributed by atoms with van der Waals surface area (Å²) in [6.45, 7) is 0. The second kappa shape index (κ2) is 8.05. The maximum absolute atomic E-state index is 10.9. The minimum absolute atomic E-state index is 0.349. The Kier molecular flexibility index (Phi) is 5.77. The zero-order chi connectivity index (χ0) is 14.9. The van der Waals surface area contributed by atoms with E-state index >= 15 is 0 Å². The summed E-state index contributed by atoms with van der Waals surface area (Å²) in [7, 11) is 1.36. The Hall–Kier alpha value is -2.35. The predicted molar refractivity (Wildman–Crippen MR) is 88.0 cm³/mol. The van der Waals surface area contributed by atoms with E-state index in [9.17, 15) is 4.79 Å². The number of hydrogen-bond donors (Lipinski definition) is 0. The quantitative estimate of drug-likeness (QED) is 0.460. The fourth-order valence-electron chi connectivity index (χ4n) is 1.76. The van der Waals surface area contributed by atoms with Gasteiger partial charge in [-0.15, -0.1) is 0 Å². The molecule has 1 saturated carbocycles. The maximum atomic E-state index is 10.9. The molecule has 108 valence electrons. The van der Waals surface area contributed by atoms with Crippen molar-refractivity contribution >= 4 is 22.8 Å². The van der Waals surface area contributed by atoms with Gasteiger partial charge in [-0.25, -0.2) is 4.79 Å². The number of methoxy groups -OCH3 is 1. The summed E-state index contributed by atoms with van der Waals surface area (Å²) in [4.78, 5) is 10.9. The number of allylic oxidation sites excluding steroid dienone is 2. The molecule has 0 radical (unpaired) electrons. The first-order valence-electron chi connectivity index (χ1n) is 7.22. The normalized spacial score (nSPS) is 13.2. The first-order valence-corrected chi connectivity index (χ1v) is 7.22. The summed E-state index contributed by atoms with van der Waals surface area (Å²) in [5.41, 5.74) is 1.13. The Morgan fingerprint density at radius 3 is 2.43 bits per heavy atom. The summed E-state index contributed by atoms with van der Waals surface area (Å²) in [6, 6.07) is 14.3. The molecular weight excluding hydrogens is 260 g/mol. The van der Waals surface area contributed by atoms with E-state index in [1.807, 2.05) is 36.4 Å². The summed E-state index contributed by atoms with van der Waals surface area (Å²) >= 11 is 0. The van der Waals surface area contributed by atoms with Gasteiger partial charge in [0, 0.05) is 6.08 Å². The number of esters is 1. The number of benzene rings is 2. The smallest absolute Gasteiger partial charge is 0.330 e. The third-order valence-electron chi connectivity index (χ3n) is 3.00. The van der Waals surface area contributed by atoms with E-state index in [-0.39, 0.29) is 5.97 Å². The van der Waals surface area contributed by atoms with Crippen molar-refractivity contribution in [1.82, 2.24) is 0 Å². The van der Waals surface area contributed by atoms with Gasteiger partial charge in [0.25, 0.3) is 0 Å². The van der Waals surface area contributed by atoms with Crippen LogP contribution in [0.4, 0.5) is 0 Å². The number of fused-ring (bicyclic) bond motifs is 1. The van der Waals surface area contributed by atoms with Crippen molar-refractivity contribution in [2.75, 3.05) is 7.11 Å². The van der Waals surface area contributed by atoms with Crippen LogP contribution in [-0.2, 0) is 9.53 Å². The zero-order valence-corrected chi connectivity index (χ0v) is 12.3. The van der Waals surface area contributed by atoms with Crippen LogP contribution in [0.2, 0.25) is 0 Å². The maximum Gasteiger partial charge on any atom is 0.330 e. The van der Waals surface area contributed by atoms with Gasteiger partial charge >= 0.3 is 5.97 Å². The predicted octanol–water partition coefficient (Wildman–Crippen LogP) is 4.75. The van der Waals surface area contributed by atoms with Crippen LogP contribution in [0.15, 0.2) is 60.7 Å². The van der Waals surface area contributed by atoms with Crippen LogP contribution in [0.1, 0.15) is 24.8 Å². The molecule has 0 saturated heterocycles. The van der Waals surface area contributed by atoms with Crippen molar-refractivity contribution in [3.8, 4) is 0 Å². The Morgan fingerprint density at radius 1 is 1.00 bits per heavy atom. The van der Waals surface area contributed by atoms with Crippen molar-refractivity contribution in [3.63, 3.8) is 0 Å². The lowest BCUT2D eigenvalue weighted by molar-refractivity contribution is -0.134. The lowest BCUT2D eigenvalue weighted by atomic mass is 10.0. The van der Waals surface area contributed by atoms with Crippen molar-refractivity contribution < 1.29 is 9.53 Å². The van der Waals surface area contributed by atoms with Gasteiger partial charge in [-0.05, 0) is 16.3 Å². The highest BCUT2D eigenvalue weighted by Gasteiger charge is 1.95. The van der Waals surface area contributed by atoms with Gasteiger partial charge in [0.1, 0.15) is 0 Å². The van der Waals surface area contributed by atoms with Crippen LogP contribution in [0.3, 0.4) is 0 Å². The van der Waals surface area contributed by atoms with Crippen LogP contribution in [0.5, 0.6) is 0 Å². The molecule has 0 spiro atoms. The molecule has 1 fully saturated rings. The highest BCUT2D eigenvalue weighted by atomic mass is 16.5. The van der Waals surface area contributed by atoms with Gasteiger partial charge in [-0.2, -0.15) is 0 Å². The molecular formula is C19H20O2. The largest absolute Gasteiger partial charge is 0.466 e. The SMILES string of the molecule is C1CC1.COC(=O)C=CC=Cc1cccc2ccccc12. The van der Waals surface area contributed by atoms with Crippen LogP contribution < -0.4 is 0 Å². The molecule has 3 rings (SSSR count). The minimum Gasteiger partial charge on any atom is -0.466 e. The first kappa shape index (κ1) is 15.0. The fourth-order valence-corrected chi connectivity index (χ4v) is 1.76. The molecule has 0 aliphatic heterocycles. The lowest BCUT2D eigenvalue weighted by Gasteiger charge is -2.00. The molecule has 2 aromatic carbocycles. The zero-order valence-electron chi connectivity index (χ0n) is 12.3. The number of rotatable bonds is 3. The highest BCUT2D eigenvalue weighted by molar-refractivity contribution is 5.90. The molecule has 0 aromatic heterocycles. The molecule has 2 heteroatoms. The standard InChI is InChI=1S/C16H14O2.C3H6/c1-18-16(17)12-5-3-8-14-10-6-9-13-7-2-4-11-15(13)14;1-2-3-1/h2-12H,1H3;1-3H2. The van der Waals surface area contributed by atoms with E-state index in [4.69, 9.17) is 0 Å². The Morgan fingerprint density at radius 2 is 1.71 bits per heavy atom. The first-order chi connectivity index (χ1) is 10.3. The van der Waals surface area contributed by atoms with E-state index in [1.54, 1.807) is 6.08 Å². The summed E-state index contributed by atoms with van der Waals surface area (Å²) < 4.78 is 4.51. The average molecular weight is 280 g/mol. The monoisotopic (exact) mass is 280 g/mol. The van der Waals surface area contributed by atoms with E-state index in [0.29, 0.717) is 0 Å². The van der Waals surface area contributed by atoms with Crippen molar-refractivity contribution in [2.45, 2.75) is 19.3 Å². The summed E-state index contributed by atoms with van der Waals surface area (Å²) in [5.74, 6) is -0.349. The van der Waals surface area contributed by atoms with E-state index < -0.39 is 0 Å². The Balaban J connectivity index is 0.000000477. The van der Waals surface area contributed by atoms with Gasteiger partial charge < -0.3 is 4.74 Å². The van der Waals surface area contributed by atoms with Crippen molar-refractivity contribution in [1.29, 1.82) is 0 Å². The van der Waals surface area contributed by atoms with Gasteiger partial charge in [0.15, 0.2) is 0 Å². The summed E-state index contributed by atoms with van der Waals surface area (Å²) in [6.07, 6.45) is 11.4. The molecule has 2 aromatic rings. The van der Waals surface area contributed by atoms with E-state index in [2.05, 4.69) is 22.9 Å². The second-order valence-electron chi connectivity index (χ2n) is 4.87. The Labute approximate surface area is 125 Å². The van der Waals surface area contributed by atoms with Crippen LogP contribution in [0.25, 0.3) is 16.8 Å². The molecule has 0 unspecified atom stereocenters. The van der Waals surface area contributed by atoms with E-state index in [1.165, 1.54) is 43.2 Å². The van der Waals surface area contributed by atoms with Crippen LogP contribution in [0, 0.1) is 0 Å². The molecule has 0 amide bonds. The van der Waals surface area contributed by atoms with Crippen molar-refractivity contribution in [3.05, 3.63) is 66.3 Å².